The predicted molar refractivity (Wildman–Crippen MR) is 116 cm³/mol. The summed E-state index contributed by atoms with van der Waals surface area (Å²) in [6.45, 7) is 2.29. The Bertz CT molecular complexity index is 1150. The molecule has 0 saturated carbocycles. The summed E-state index contributed by atoms with van der Waals surface area (Å²) in [6.07, 6.45) is -2.51. The van der Waals surface area contributed by atoms with Crippen molar-refractivity contribution in [2.75, 3.05) is 32.1 Å². The first-order valence-electron chi connectivity index (χ1n) is 10.2. The molecule has 31 heavy (non-hydrogen) atoms. The second kappa shape index (κ2) is 8.26. The normalized spacial score (nSPS) is 14.6. The van der Waals surface area contributed by atoms with Gasteiger partial charge in [-0.15, -0.1) is 13.2 Å². The van der Waals surface area contributed by atoms with Crippen molar-refractivity contribution >= 4 is 16.6 Å². The number of aromatic amines is 1. The van der Waals surface area contributed by atoms with E-state index in [1.807, 2.05) is 37.2 Å². The monoisotopic (exact) mass is 431 g/mol. The molecule has 1 saturated heterocycles. The summed E-state index contributed by atoms with van der Waals surface area (Å²) in [4.78, 5) is 20.9. The lowest BCUT2D eigenvalue weighted by atomic mass is 10.0. The average Bonchev–Trinajstić information content (AvgIpc) is 3.23. The summed E-state index contributed by atoms with van der Waals surface area (Å²) >= 11 is 0. The highest BCUT2D eigenvalue weighted by molar-refractivity contribution is 5.86. The van der Waals surface area contributed by atoms with Crippen LogP contribution in [-0.2, 0) is 6.54 Å². The van der Waals surface area contributed by atoms with Crippen LogP contribution in [-0.4, -0.2) is 43.4 Å². The van der Waals surface area contributed by atoms with Gasteiger partial charge in [0.2, 0.25) is 0 Å². The molecule has 0 unspecified atom stereocenters. The molecule has 3 aromatic rings. The smallest absolute Gasteiger partial charge is 0.406 e. The zero-order valence-electron chi connectivity index (χ0n) is 17.4. The van der Waals surface area contributed by atoms with Gasteiger partial charge in [-0.05, 0) is 57.3 Å². The maximum atomic E-state index is 13.5. The molecule has 0 bridgehead atoms. The van der Waals surface area contributed by atoms with Crippen LogP contribution in [0.2, 0.25) is 0 Å². The van der Waals surface area contributed by atoms with Crippen LogP contribution in [0, 0.1) is 0 Å². The Labute approximate surface area is 178 Å². The number of nitrogens with zero attached hydrogens (tertiary/aromatic N) is 2. The molecule has 1 aromatic heterocycles. The van der Waals surface area contributed by atoms with E-state index in [0.717, 1.165) is 31.6 Å². The van der Waals surface area contributed by atoms with E-state index >= 15 is 0 Å². The van der Waals surface area contributed by atoms with Crippen molar-refractivity contribution in [1.82, 2.24) is 9.88 Å². The molecule has 8 heteroatoms. The number of rotatable bonds is 5. The first-order chi connectivity index (χ1) is 14.7. The molecule has 4 rings (SSSR count). The summed E-state index contributed by atoms with van der Waals surface area (Å²) < 4.78 is 42.1. The van der Waals surface area contributed by atoms with Gasteiger partial charge in [-0.1, -0.05) is 12.1 Å². The molecule has 1 N–H and O–H groups in total. The van der Waals surface area contributed by atoms with Gasteiger partial charge in [0.15, 0.2) is 5.43 Å². The van der Waals surface area contributed by atoms with E-state index < -0.39 is 6.36 Å². The third-order valence-electron chi connectivity index (χ3n) is 5.39. The van der Waals surface area contributed by atoms with E-state index in [1.54, 1.807) is 6.07 Å². The van der Waals surface area contributed by atoms with Crippen LogP contribution >= 0.6 is 0 Å². The molecule has 0 amide bonds. The van der Waals surface area contributed by atoms with E-state index in [1.165, 1.54) is 18.2 Å². The molecule has 5 nitrogen and oxygen atoms in total. The number of benzene rings is 2. The summed E-state index contributed by atoms with van der Waals surface area (Å²) in [5.74, 6) is -0.328. The van der Waals surface area contributed by atoms with Crippen molar-refractivity contribution in [3.8, 4) is 17.0 Å². The third-order valence-corrected chi connectivity index (χ3v) is 5.39. The Morgan fingerprint density at radius 2 is 1.84 bits per heavy atom. The van der Waals surface area contributed by atoms with Crippen molar-refractivity contribution in [2.24, 2.45) is 0 Å². The molecular weight excluding hydrogens is 407 g/mol. The van der Waals surface area contributed by atoms with Crippen LogP contribution in [0.3, 0.4) is 0 Å². The summed E-state index contributed by atoms with van der Waals surface area (Å²) in [6, 6.07) is 11.4. The zero-order chi connectivity index (χ0) is 22.2. The van der Waals surface area contributed by atoms with Gasteiger partial charge in [-0.3, -0.25) is 4.79 Å². The van der Waals surface area contributed by atoms with Crippen LogP contribution < -0.4 is 15.1 Å². The number of anilines is 1. The minimum Gasteiger partial charge on any atom is -0.406 e. The fourth-order valence-corrected chi connectivity index (χ4v) is 4.05. The van der Waals surface area contributed by atoms with Crippen molar-refractivity contribution in [2.45, 2.75) is 25.7 Å². The highest BCUT2D eigenvalue weighted by Crippen LogP contribution is 2.30. The van der Waals surface area contributed by atoms with E-state index in [4.69, 9.17) is 0 Å². The van der Waals surface area contributed by atoms with Gasteiger partial charge in [0.25, 0.3) is 0 Å². The van der Waals surface area contributed by atoms with Gasteiger partial charge in [0, 0.05) is 47.4 Å². The Morgan fingerprint density at radius 1 is 1.10 bits per heavy atom. The molecule has 2 heterocycles. The van der Waals surface area contributed by atoms with Crippen LogP contribution in [0.1, 0.15) is 18.4 Å². The number of halogens is 3. The molecule has 0 atom stereocenters. The number of fused-ring (bicyclic) bond motifs is 1. The van der Waals surface area contributed by atoms with E-state index in [2.05, 4.69) is 14.6 Å². The zero-order valence-corrected chi connectivity index (χ0v) is 17.4. The van der Waals surface area contributed by atoms with Crippen LogP contribution in [0.5, 0.6) is 5.75 Å². The minimum absolute atomic E-state index is 0.124. The molecule has 164 valence electrons. The Hall–Kier alpha value is -3.00. The van der Waals surface area contributed by atoms with E-state index in [0.29, 0.717) is 34.3 Å². The van der Waals surface area contributed by atoms with Gasteiger partial charge in [0.1, 0.15) is 5.75 Å². The average molecular weight is 431 g/mol. The van der Waals surface area contributed by atoms with Gasteiger partial charge in [-0.25, -0.2) is 0 Å². The highest BCUT2D eigenvalue weighted by Gasteiger charge is 2.31. The van der Waals surface area contributed by atoms with Gasteiger partial charge < -0.3 is 19.5 Å². The molecule has 0 aliphatic carbocycles. The van der Waals surface area contributed by atoms with Crippen molar-refractivity contribution in [3.63, 3.8) is 0 Å². The van der Waals surface area contributed by atoms with Crippen molar-refractivity contribution in [1.29, 1.82) is 0 Å². The largest absolute Gasteiger partial charge is 0.573 e. The third kappa shape index (κ3) is 4.69. The number of hydrogen-bond acceptors (Lipinski definition) is 4. The summed E-state index contributed by atoms with van der Waals surface area (Å²) in [5, 5.41) is 0.577. The number of ether oxygens (including phenoxy) is 1. The van der Waals surface area contributed by atoms with Crippen LogP contribution in [0.4, 0.5) is 18.9 Å². The first kappa shape index (κ1) is 21.2. The van der Waals surface area contributed by atoms with E-state index in [-0.39, 0.29) is 11.2 Å². The molecule has 1 aliphatic heterocycles. The molecular formula is C23H24F3N3O2. The number of pyridine rings is 1. The topological polar surface area (TPSA) is 48.6 Å². The fraction of sp³-hybridized carbons (Fsp3) is 0.348. The Kier molecular flexibility index (Phi) is 5.66. The van der Waals surface area contributed by atoms with Gasteiger partial charge >= 0.3 is 6.36 Å². The second-order valence-electron chi connectivity index (χ2n) is 8.05. The predicted octanol–water partition coefficient (Wildman–Crippen LogP) is 4.76. The maximum Gasteiger partial charge on any atom is 0.573 e. The number of hydrogen-bond donors (Lipinski definition) is 1. The van der Waals surface area contributed by atoms with Gasteiger partial charge in [0.05, 0.1) is 5.69 Å². The SMILES string of the molecule is CN(C)Cc1c(-c2cccc(OC(F)(F)F)c2)[nH]c2ccc(N3CCCC3)cc2c1=O. The Morgan fingerprint density at radius 3 is 2.52 bits per heavy atom. The lowest BCUT2D eigenvalue weighted by Gasteiger charge is -2.19. The van der Waals surface area contributed by atoms with E-state index in [9.17, 15) is 18.0 Å². The highest BCUT2D eigenvalue weighted by atomic mass is 19.4. The fourth-order valence-electron chi connectivity index (χ4n) is 4.05. The number of aromatic nitrogens is 1. The quantitative estimate of drug-likeness (QED) is 0.633. The first-order valence-corrected chi connectivity index (χ1v) is 10.2. The minimum atomic E-state index is -4.78. The second-order valence-corrected chi connectivity index (χ2v) is 8.05. The van der Waals surface area contributed by atoms with Gasteiger partial charge in [-0.2, -0.15) is 0 Å². The standard InChI is InChI=1S/C23H24F3N3O2/c1-28(2)14-19-21(15-6-5-7-17(12-15)31-23(24,25)26)27-20-9-8-16(13-18(20)22(19)30)29-10-3-4-11-29/h5-9,12-13H,3-4,10-11,14H2,1-2H3,(H,27,30). The Balaban J connectivity index is 1.85. The summed E-state index contributed by atoms with van der Waals surface area (Å²) in [7, 11) is 3.69. The van der Waals surface area contributed by atoms with Crippen molar-refractivity contribution in [3.05, 3.63) is 58.3 Å². The maximum absolute atomic E-state index is 13.5. The lowest BCUT2D eigenvalue weighted by Crippen LogP contribution is -2.22. The molecule has 1 aliphatic rings. The molecule has 2 aromatic carbocycles. The molecule has 0 spiro atoms. The number of nitrogens with one attached hydrogen (secondary N) is 1. The number of H-pyrrole nitrogens is 1. The number of alkyl halides is 3. The molecule has 0 radical (unpaired) electrons. The van der Waals surface area contributed by atoms with Crippen LogP contribution in [0.25, 0.3) is 22.2 Å². The summed E-state index contributed by atoms with van der Waals surface area (Å²) in [5.41, 5.74) is 2.99. The lowest BCUT2D eigenvalue weighted by molar-refractivity contribution is -0.274. The molecule has 1 fully saturated rings. The van der Waals surface area contributed by atoms with Crippen LogP contribution in [0.15, 0.2) is 47.3 Å². The van der Waals surface area contributed by atoms with Crippen molar-refractivity contribution < 1.29 is 17.9 Å².